The molecular weight excluding hydrogens is 212 g/mol. The van der Waals surface area contributed by atoms with E-state index in [0.717, 1.165) is 0 Å². The van der Waals surface area contributed by atoms with Gasteiger partial charge in [-0.25, -0.2) is 4.39 Å². The fourth-order valence-electron chi connectivity index (χ4n) is 1.46. The number of alkyl halides is 1. The normalized spacial score (nSPS) is 14.8. The number of hydrogen-bond acceptors (Lipinski definition) is 2. The van der Waals surface area contributed by atoms with E-state index in [4.69, 9.17) is 0 Å². The number of aliphatic hydroxyl groups excluding tert-OH is 1. The molecule has 2 N–H and O–H groups in total. The Hall–Kier alpha value is -1.00. The lowest BCUT2D eigenvalue weighted by molar-refractivity contribution is 0.135. The van der Waals surface area contributed by atoms with Crippen molar-refractivity contribution in [3.05, 3.63) is 35.6 Å². The summed E-state index contributed by atoms with van der Waals surface area (Å²) in [5, 5.41) is 12.9. The third kappa shape index (κ3) is 3.87. The van der Waals surface area contributed by atoms with Crippen molar-refractivity contribution >= 4 is 0 Å². The summed E-state index contributed by atoms with van der Waals surface area (Å²) in [5.41, 5.74) is 0.654. The Morgan fingerprint density at radius 1 is 1.31 bits per heavy atom. The standard InChI is InChI=1S/C12H17F2NO/c1-9(15-8-2-7-13)12(16)10-3-5-11(14)6-4-10/h3-6,9,12,15-16H,2,7-8H2,1H3. The van der Waals surface area contributed by atoms with Crippen LogP contribution in [-0.4, -0.2) is 24.4 Å². The molecule has 0 aliphatic heterocycles. The van der Waals surface area contributed by atoms with Gasteiger partial charge in [0.1, 0.15) is 5.82 Å². The van der Waals surface area contributed by atoms with Crippen LogP contribution >= 0.6 is 0 Å². The third-order valence-electron chi connectivity index (χ3n) is 2.46. The lowest BCUT2D eigenvalue weighted by Gasteiger charge is -2.20. The van der Waals surface area contributed by atoms with Gasteiger partial charge in [0.25, 0.3) is 0 Å². The summed E-state index contributed by atoms with van der Waals surface area (Å²) in [4.78, 5) is 0. The molecule has 0 saturated heterocycles. The van der Waals surface area contributed by atoms with Gasteiger partial charge in [-0.2, -0.15) is 0 Å². The largest absolute Gasteiger partial charge is 0.387 e. The molecule has 2 atom stereocenters. The van der Waals surface area contributed by atoms with E-state index < -0.39 is 6.10 Å². The van der Waals surface area contributed by atoms with Crippen molar-refractivity contribution in [3.63, 3.8) is 0 Å². The Balaban J connectivity index is 2.49. The van der Waals surface area contributed by atoms with Crippen molar-refractivity contribution in [1.29, 1.82) is 0 Å². The van der Waals surface area contributed by atoms with Gasteiger partial charge >= 0.3 is 0 Å². The maximum Gasteiger partial charge on any atom is 0.123 e. The highest BCUT2D eigenvalue weighted by molar-refractivity contribution is 5.19. The first-order chi connectivity index (χ1) is 7.65. The number of hydrogen-bond donors (Lipinski definition) is 2. The molecule has 0 amide bonds. The van der Waals surface area contributed by atoms with Gasteiger partial charge in [-0.05, 0) is 37.6 Å². The van der Waals surface area contributed by atoms with E-state index in [1.54, 1.807) is 12.1 Å². The monoisotopic (exact) mass is 229 g/mol. The van der Waals surface area contributed by atoms with Crippen LogP contribution in [0.15, 0.2) is 24.3 Å². The van der Waals surface area contributed by atoms with Crippen molar-refractivity contribution in [2.24, 2.45) is 0 Å². The number of benzene rings is 1. The van der Waals surface area contributed by atoms with Crippen LogP contribution in [0.25, 0.3) is 0 Å². The molecule has 0 aromatic heterocycles. The molecule has 16 heavy (non-hydrogen) atoms. The average Bonchev–Trinajstić information content (AvgIpc) is 2.29. The zero-order valence-corrected chi connectivity index (χ0v) is 9.29. The summed E-state index contributed by atoms with van der Waals surface area (Å²) in [7, 11) is 0. The number of halogens is 2. The van der Waals surface area contributed by atoms with E-state index in [9.17, 15) is 13.9 Å². The quantitative estimate of drug-likeness (QED) is 0.733. The summed E-state index contributed by atoms with van der Waals surface area (Å²) in [5.74, 6) is -0.325. The molecule has 4 heteroatoms. The summed E-state index contributed by atoms with van der Waals surface area (Å²) in [6, 6.07) is 5.54. The van der Waals surface area contributed by atoms with E-state index in [-0.39, 0.29) is 18.5 Å². The van der Waals surface area contributed by atoms with Crippen LogP contribution in [0.3, 0.4) is 0 Å². The number of rotatable bonds is 6. The van der Waals surface area contributed by atoms with Gasteiger partial charge < -0.3 is 10.4 Å². The Bertz CT molecular complexity index is 302. The van der Waals surface area contributed by atoms with E-state index in [2.05, 4.69) is 5.32 Å². The molecule has 0 bridgehead atoms. The minimum atomic E-state index is -0.708. The maximum absolute atomic E-state index is 12.7. The third-order valence-corrected chi connectivity index (χ3v) is 2.46. The predicted molar refractivity (Wildman–Crippen MR) is 59.4 cm³/mol. The topological polar surface area (TPSA) is 32.3 Å². The predicted octanol–water partition coefficient (Wildman–Crippen LogP) is 2.20. The SMILES string of the molecule is CC(NCCCF)C(O)c1ccc(F)cc1. The van der Waals surface area contributed by atoms with Crippen LogP contribution in [0.5, 0.6) is 0 Å². The first kappa shape index (κ1) is 13.1. The van der Waals surface area contributed by atoms with Crippen molar-refractivity contribution < 1.29 is 13.9 Å². The van der Waals surface area contributed by atoms with Crippen LogP contribution in [-0.2, 0) is 0 Å². The fourth-order valence-corrected chi connectivity index (χ4v) is 1.46. The van der Waals surface area contributed by atoms with Gasteiger partial charge in [0.05, 0.1) is 12.8 Å². The molecule has 1 aromatic carbocycles. The summed E-state index contributed by atoms with van der Waals surface area (Å²) in [6.07, 6.45) is -0.277. The van der Waals surface area contributed by atoms with Crippen molar-refractivity contribution in [1.82, 2.24) is 5.32 Å². The average molecular weight is 229 g/mol. The van der Waals surface area contributed by atoms with Gasteiger partial charge in [0, 0.05) is 6.04 Å². The zero-order valence-electron chi connectivity index (χ0n) is 9.29. The van der Waals surface area contributed by atoms with Gasteiger partial charge in [0.15, 0.2) is 0 Å². The summed E-state index contributed by atoms with van der Waals surface area (Å²) in [6.45, 7) is 1.97. The Morgan fingerprint density at radius 3 is 2.50 bits per heavy atom. The van der Waals surface area contributed by atoms with E-state index >= 15 is 0 Å². The fraction of sp³-hybridized carbons (Fsp3) is 0.500. The van der Waals surface area contributed by atoms with E-state index in [0.29, 0.717) is 18.5 Å². The number of nitrogens with one attached hydrogen (secondary N) is 1. The smallest absolute Gasteiger partial charge is 0.123 e. The van der Waals surface area contributed by atoms with Gasteiger partial charge in [-0.1, -0.05) is 12.1 Å². The highest BCUT2D eigenvalue weighted by Gasteiger charge is 2.15. The van der Waals surface area contributed by atoms with Gasteiger partial charge in [-0.15, -0.1) is 0 Å². The second-order valence-electron chi connectivity index (χ2n) is 3.78. The minimum absolute atomic E-state index is 0.183. The van der Waals surface area contributed by atoms with Crippen LogP contribution in [0.4, 0.5) is 8.78 Å². The zero-order chi connectivity index (χ0) is 12.0. The van der Waals surface area contributed by atoms with Crippen LogP contribution in [0, 0.1) is 5.82 Å². The van der Waals surface area contributed by atoms with E-state index in [1.165, 1.54) is 12.1 Å². The second-order valence-corrected chi connectivity index (χ2v) is 3.78. The molecule has 90 valence electrons. The molecule has 0 radical (unpaired) electrons. The summed E-state index contributed by atoms with van der Waals surface area (Å²) >= 11 is 0. The van der Waals surface area contributed by atoms with Crippen molar-refractivity contribution in [3.8, 4) is 0 Å². The molecule has 0 fully saturated rings. The van der Waals surface area contributed by atoms with Crippen molar-refractivity contribution in [2.45, 2.75) is 25.5 Å². The molecule has 0 aliphatic carbocycles. The van der Waals surface area contributed by atoms with Gasteiger partial charge in [0.2, 0.25) is 0 Å². The molecule has 0 aliphatic rings. The molecule has 2 nitrogen and oxygen atoms in total. The highest BCUT2D eigenvalue weighted by atomic mass is 19.1. The first-order valence-corrected chi connectivity index (χ1v) is 5.38. The molecule has 1 aromatic rings. The van der Waals surface area contributed by atoms with Crippen molar-refractivity contribution in [2.75, 3.05) is 13.2 Å². The molecule has 0 spiro atoms. The molecule has 2 unspecified atom stereocenters. The molecule has 1 rings (SSSR count). The summed E-state index contributed by atoms with van der Waals surface area (Å²) < 4.78 is 24.5. The van der Waals surface area contributed by atoms with Crippen LogP contribution in [0.1, 0.15) is 25.0 Å². The molecule has 0 saturated carbocycles. The molecular formula is C12H17F2NO. The molecule has 0 heterocycles. The second kappa shape index (κ2) is 6.55. The van der Waals surface area contributed by atoms with Gasteiger partial charge in [-0.3, -0.25) is 4.39 Å². The van der Waals surface area contributed by atoms with E-state index in [1.807, 2.05) is 6.92 Å². The first-order valence-electron chi connectivity index (χ1n) is 5.38. The minimum Gasteiger partial charge on any atom is -0.387 e. The number of aliphatic hydroxyl groups is 1. The highest BCUT2D eigenvalue weighted by Crippen LogP contribution is 2.16. The Labute approximate surface area is 94.3 Å². The van der Waals surface area contributed by atoms with Crippen LogP contribution in [0.2, 0.25) is 0 Å². The van der Waals surface area contributed by atoms with Crippen LogP contribution < -0.4 is 5.32 Å². The lowest BCUT2D eigenvalue weighted by atomic mass is 10.0. The Morgan fingerprint density at radius 2 is 1.94 bits per heavy atom. The lowest BCUT2D eigenvalue weighted by Crippen LogP contribution is -2.33. The Kier molecular flexibility index (Phi) is 5.35. The maximum atomic E-state index is 12.7.